The maximum atomic E-state index is 13.5. The molecular weight excluding hydrogens is 760 g/mol. The lowest BCUT2D eigenvalue weighted by atomic mass is 9.81. The summed E-state index contributed by atoms with van der Waals surface area (Å²) in [6.07, 6.45) is 5.76. The summed E-state index contributed by atoms with van der Waals surface area (Å²) in [6.45, 7) is 13.8. The third-order valence-corrected chi connectivity index (χ3v) is 12.7. The number of nitrogens with one attached hydrogen (secondary N) is 1. The van der Waals surface area contributed by atoms with E-state index in [0.29, 0.717) is 48.9 Å². The molecule has 8 rings (SSSR count). The number of amides is 4. The molecule has 11 heteroatoms. The first-order valence-corrected chi connectivity index (χ1v) is 20.8. The number of fused-ring (bicyclic) bond motifs is 1. The predicted molar refractivity (Wildman–Crippen MR) is 225 cm³/mol. The minimum Gasteiger partial charge on any atom is -0.342 e. The Morgan fingerprint density at radius 2 is 1.58 bits per heavy atom. The number of imide groups is 1. The van der Waals surface area contributed by atoms with Crippen LogP contribution in [0.4, 0.5) is 5.69 Å². The highest BCUT2D eigenvalue weighted by Gasteiger charge is 2.39. The van der Waals surface area contributed by atoms with E-state index in [0.717, 1.165) is 83.3 Å². The molecule has 10 nitrogen and oxygen atoms in total. The van der Waals surface area contributed by atoms with Crippen molar-refractivity contribution in [3.63, 3.8) is 0 Å². The smallest absolute Gasteiger partial charge is 0.255 e. The third kappa shape index (κ3) is 8.54. The monoisotopic (exact) mass is 804 g/mol. The van der Waals surface area contributed by atoms with E-state index in [1.807, 2.05) is 33.8 Å². The number of carbonyl (C=O) groups is 4. The first-order valence-electron chi connectivity index (χ1n) is 20.4. The molecular formula is C48H45ClN6O4. The van der Waals surface area contributed by atoms with Gasteiger partial charge in [0.05, 0.1) is 18.8 Å². The summed E-state index contributed by atoms with van der Waals surface area (Å²) >= 11 is 6.31. The van der Waals surface area contributed by atoms with Crippen molar-refractivity contribution in [2.45, 2.75) is 84.3 Å². The van der Waals surface area contributed by atoms with Crippen LogP contribution >= 0.6 is 11.6 Å². The van der Waals surface area contributed by atoms with E-state index in [1.165, 1.54) is 0 Å². The lowest BCUT2D eigenvalue weighted by Crippen LogP contribution is -2.52. The van der Waals surface area contributed by atoms with E-state index >= 15 is 0 Å². The Morgan fingerprint density at radius 3 is 2.27 bits per heavy atom. The molecule has 4 aromatic rings. The molecule has 4 amide bonds. The van der Waals surface area contributed by atoms with Gasteiger partial charge in [0.15, 0.2) is 0 Å². The van der Waals surface area contributed by atoms with Gasteiger partial charge in [-0.2, -0.15) is 5.10 Å². The SMILES string of the molecule is [C-]#[N+]c1ccc(-c2nn(Cc3ccc(C#CC4CCC(C(=O)N5CCC(C#Cc6ccc7c(c6)C(=O)N(C6CCC(=O)NC6=O)C7)CC5)CC4)cc3)c(C)c2C)cc1Cl. The average molecular weight is 805 g/mol. The van der Waals surface area contributed by atoms with Gasteiger partial charge in [0.1, 0.15) is 6.04 Å². The highest BCUT2D eigenvalue weighted by Crippen LogP contribution is 2.34. The van der Waals surface area contributed by atoms with Gasteiger partial charge < -0.3 is 9.80 Å². The van der Waals surface area contributed by atoms with Crippen molar-refractivity contribution in [1.82, 2.24) is 24.9 Å². The zero-order valence-corrected chi connectivity index (χ0v) is 34.1. The summed E-state index contributed by atoms with van der Waals surface area (Å²) < 4.78 is 2.00. The van der Waals surface area contributed by atoms with Gasteiger partial charge in [-0.3, -0.25) is 29.2 Å². The second-order valence-corrected chi connectivity index (χ2v) is 16.6. The number of benzene rings is 3. The second kappa shape index (κ2) is 17.0. The fraction of sp³-hybridized carbons (Fsp3) is 0.375. The van der Waals surface area contributed by atoms with Crippen LogP contribution in [0, 0.1) is 61.9 Å². The van der Waals surface area contributed by atoms with Gasteiger partial charge in [-0.1, -0.05) is 65.6 Å². The fourth-order valence-electron chi connectivity index (χ4n) is 8.67. The quantitative estimate of drug-likeness (QED) is 0.127. The van der Waals surface area contributed by atoms with Crippen molar-refractivity contribution < 1.29 is 19.2 Å². The second-order valence-electron chi connectivity index (χ2n) is 16.2. The van der Waals surface area contributed by atoms with Crippen LogP contribution in [0.3, 0.4) is 0 Å². The molecule has 4 heterocycles. The normalized spacial score (nSPS) is 20.5. The first kappa shape index (κ1) is 39.7. The van der Waals surface area contributed by atoms with Crippen LogP contribution in [0.25, 0.3) is 16.1 Å². The number of nitrogens with zero attached hydrogens (tertiary/aromatic N) is 5. The molecule has 1 atom stereocenters. The third-order valence-electron chi connectivity index (χ3n) is 12.4. The lowest BCUT2D eigenvalue weighted by molar-refractivity contribution is -0.138. The van der Waals surface area contributed by atoms with E-state index in [2.05, 4.69) is 72.0 Å². The van der Waals surface area contributed by atoms with Gasteiger partial charge in [-0.15, -0.1) is 0 Å². The molecule has 0 radical (unpaired) electrons. The number of piperidine rings is 2. The van der Waals surface area contributed by atoms with Gasteiger partial charge >= 0.3 is 0 Å². The van der Waals surface area contributed by atoms with Gasteiger partial charge in [0.2, 0.25) is 23.4 Å². The molecule has 0 spiro atoms. The Kier molecular flexibility index (Phi) is 11.4. The van der Waals surface area contributed by atoms with Crippen molar-refractivity contribution in [3.05, 3.63) is 116 Å². The number of rotatable bonds is 5. The van der Waals surface area contributed by atoms with Crippen molar-refractivity contribution in [1.29, 1.82) is 0 Å². The fourth-order valence-corrected chi connectivity index (χ4v) is 8.89. The molecule has 3 aromatic carbocycles. The number of hydrogen-bond donors (Lipinski definition) is 1. The standard InChI is InChI=1S/C48H45ClN6O4/c1-30-31(2)55(52-45(30)38-18-19-42(50-3)41(49)27-38)28-36-10-7-32(8-11-36)4-5-33-12-15-37(16-13-33)47(58)53-24-22-34(23-25-53)6-9-35-14-17-39-29-54(48(59)40(39)26-35)43-20-21-44(56)51-46(43)57/h7-8,10-11,14,17-19,26-27,33-34,37,43H,12-13,15-16,20-25,28-29H2,1-2H3,(H,51,56,57). The van der Waals surface area contributed by atoms with Gasteiger partial charge in [-0.05, 0) is 106 Å². The Balaban J connectivity index is 0.787. The summed E-state index contributed by atoms with van der Waals surface area (Å²) in [7, 11) is 0. The summed E-state index contributed by atoms with van der Waals surface area (Å²) in [5.41, 5.74) is 8.64. The predicted octanol–water partition coefficient (Wildman–Crippen LogP) is 7.63. The van der Waals surface area contributed by atoms with Gasteiger partial charge in [-0.25, -0.2) is 4.85 Å². The van der Waals surface area contributed by atoms with Crippen molar-refractivity contribution in [2.75, 3.05) is 13.1 Å². The molecule has 1 aliphatic carbocycles. The zero-order chi connectivity index (χ0) is 41.2. The topological polar surface area (TPSA) is 109 Å². The van der Waals surface area contributed by atoms with Gasteiger partial charge in [0, 0.05) is 76.8 Å². The number of aromatic nitrogens is 2. The Bertz CT molecular complexity index is 2510. The van der Waals surface area contributed by atoms with Gasteiger partial charge in [0.25, 0.3) is 5.91 Å². The van der Waals surface area contributed by atoms with Crippen LogP contribution in [0.5, 0.6) is 0 Å². The summed E-state index contributed by atoms with van der Waals surface area (Å²) in [5, 5.41) is 7.66. The average Bonchev–Trinajstić information content (AvgIpc) is 3.72. The number of halogens is 1. The largest absolute Gasteiger partial charge is 0.342 e. The molecule has 1 saturated carbocycles. The molecule has 4 aliphatic rings. The van der Waals surface area contributed by atoms with Crippen LogP contribution in [0.15, 0.2) is 60.7 Å². The molecule has 3 aliphatic heterocycles. The van der Waals surface area contributed by atoms with Crippen molar-refractivity contribution in [2.24, 2.45) is 17.8 Å². The van der Waals surface area contributed by atoms with Crippen LogP contribution in [0.2, 0.25) is 5.02 Å². The van der Waals surface area contributed by atoms with Crippen molar-refractivity contribution >= 4 is 40.9 Å². The molecule has 59 heavy (non-hydrogen) atoms. The molecule has 1 unspecified atom stereocenters. The van der Waals surface area contributed by atoms with E-state index in [4.69, 9.17) is 23.3 Å². The molecule has 1 aromatic heterocycles. The maximum absolute atomic E-state index is 13.5. The summed E-state index contributed by atoms with van der Waals surface area (Å²) in [6, 6.07) is 18.8. The number of carbonyl (C=O) groups excluding carboxylic acids is 4. The molecule has 2 saturated heterocycles. The molecule has 298 valence electrons. The molecule has 3 fully saturated rings. The zero-order valence-electron chi connectivity index (χ0n) is 33.3. The van der Waals surface area contributed by atoms with Crippen LogP contribution in [-0.4, -0.2) is 62.3 Å². The number of hydrogen-bond acceptors (Lipinski definition) is 5. The number of likely N-dealkylation sites (tertiary alicyclic amines) is 1. The molecule has 1 N–H and O–H groups in total. The van der Waals surface area contributed by atoms with Crippen LogP contribution in [0.1, 0.15) is 95.2 Å². The lowest BCUT2D eigenvalue weighted by Gasteiger charge is -2.34. The van der Waals surface area contributed by atoms with E-state index in [-0.39, 0.29) is 41.9 Å². The summed E-state index contributed by atoms with van der Waals surface area (Å²) in [4.78, 5) is 57.7. The highest BCUT2D eigenvalue weighted by atomic mass is 35.5. The highest BCUT2D eigenvalue weighted by molar-refractivity contribution is 6.33. The minimum atomic E-state index is -0.635. The Morgan fingerprint density at radius 1 is 0.881 bits per heavy atom. The van der Waals surface area contributed by atoms with Crippen molar-refractivity contribution in [3.8, 4) is 34.9 Å². The van der Waals surface area contributed by atoms with Crippen LogP contribution < -0.4 is 5.32 Å². The minimum absolute atomic E-state index is 0.0451. The van der Waals surface area contributed by atoms with Crippen LogP contribution in [-0.2, 0) is 27.5 Å². The Hall–Kier alpha value is -6.15. The molecule has 0 bridgehead atoms. The van der Waals surface area contributed by atoms with E-state index in [1.54, 1.807) is 17.0 Å². The maximum Gasteiger partial charge on any atom is 0.255 e. The van der Waals surface area contributed by atoms with E-state index < -0.39 is 11.9 Å². The summed E-state index contributed by atoms with van der Waals surface area (Å²) in [5.74, 6) is 13.4. The first-order chi connectivity index (χ1) is 28.5. The van der Waals surface area contributed by atoms with E-state index in [9.17, 15) is 19.2 Å². The Labute approximate surface area is 350 Å².